The number of benzene rings is 6. The monoisotopic (exact) mass is 848 g/mol. The summed E-state index contributed by atoms with van der Waals surface area (Å²) in [7, 11) is 0. The highest BCUT2D eigenvalue weighted by Gasteiger charge is 2.38. The largest absolute Gasteiger partial charge is 0.416 e. The highest BCUT2D eigenvalue weighted by Crippen LogP contribution is 2.53. The Balaban J connectivity index is 1.29. The van der Waals surface area contributed by atoms with Crippen LogP contribution in [0.2, 0.25) is 0 Å². The van der Waals surface area contributed by atoms with Crippen LogP contribution in [-0.2, 0) is 12.4 Å². The topological polar surface area (TPSA) is 82.1 Å². The van der Waals surface area contributed by atoms with Gasteiger partial charge in [-0.3, -0.25) is 0 Å². The molecule has 0 saturated carbocycles. The van der Waals surface area contributed by atoms with Crippen LogP contribution in [0, 0.1) is 49.7 Å². The molecule has 0 unspecified atom stereocenters. The van der Waals surface area contributed by atoms with Gasteiger partial charge in [0.2, 0.25) is 0 Å². The number of fused-ring (bicyclic) bond motifs is 6. The first kappa shape index (κ1) is 40.8. The summed E-state index contributed by atoms with van der Waals surface area (Å²) >= 11 is 0. The number of alkyl halides is 6. The van der Waals surface area contributed by atoms with Gasteiger partial charge in [-0.2, -0.15) is 26.3 Å². The van der Waals surface area contributed by atoms with Crippen molar-refractivity contribution in [1.82, 2.24) is 9.97 Å². The molecule has 6 nitrogen and oxygen atoms in total. The van der Waals surface area contributed by atoms with Crippen LogP contribution in [0.5, 0.6) is 0 Å². The Morgan fingerprint density at radius 2 is 0.891 bits per heavy atom. The van der Waals surface area contributed by atoms with Crippen molar-refractivity contribution in [1.29, 1.82) is 10.5 Å². The summed E-state index contributed by atoms with van der Waals surface area (Å²) in [5, 5.41) is 20.7. The zero-order chi connectivity index (χ0) is 45.2. The fraction of sp³-hybridized carbons (Fsp3) is 0.0769. The fourth-order valence-corrected chi connectivity index (χ4v) is 8.31. The molecule has 0 N–H and O–H groups in total. The zero-order valence-electron chi connectivity index (χ0n) is 33.5. The molecule has 0 radical (unpaired) electrons. The summed E-state index contributed by atoms with van der Waals surface area (Å²) in [6, 6.07) is 35.3. The number of rotatable bonds is 4. The predicted octanol–water partition coefficient (Wildman–Crippen LogP) is 14.2. The van der Waals surface area contributed by atoms with Crippen LogP contribution in [0.3, 0.4) is 0 Å². The van der Waals surface area contributed by atoms with E-state index in [1.807, 2.05) is 86.6 Å². The van der Waals surface area contributed by atoms with Crippen LogP contribution in [0.15, 0.2) is 133 Å². The predicted molar refractivity (Wildman–Crippen MR) is 231 cm³/mol. The summed E-state index contributed by atoms with van der Waals surface area (Å²) in [6.45, 7) is 20.0. The normalized spacial score (nSPS) is 13.9. The van der Waals surface area contributed by atoms with Gasteiger partial charge in [0.05, 0.1) is 59.2 Å². The van der Waals surface area contributed by atoms with Crippen LogP contribution in [0.4, 0.5) is 26.3 Å². The highest BCUT2D eigenvalue weighted by molar-refractivity contribution is 6.08. The number of hydrogen-bond donors (Lipinski definition) is 0. The number of aryl methyl sites for hydroxylation is 2. The first-order chi connectivity index (χ1) is 30.6. The third-order valence-electron chi connectivity index (χ3n) is 11.4. The van der Waals surface area contributed by atoms with Crippen LogP contribution in [-0.4, -0.2) is 9.97 Å². The summed E-state index contributed by atoms with van der Waals surface area (Å²) in [4.78, 5) is 17.3. The van der Waals surface area contributed by atoms with E-state index in [0.717, 1.165) is 63.7 Å². The molecule has 0 atom stereocenters. The van der Waals surface area contributed by atoms with E-state index < -0.39 is 23.5 Å². The van der Waals surface area contributed by atoms with Gasteiger partial charge in [0.1, 0.15) is 0 Å². The van der Waals surface area contributed by atoms with E-state index in [2.05, 4.69) is 9.69 Å². The summed E-state index contributed by atoms with van der Waals surface area (Å²) < 4.78 is 83.8. The Hall–Kier alpha value is -8.58. The molecular weight excluding hydrogens is 823 g/mol. The quantitative estimate of drug-likeness (QED) is 0.100. The average molecular weight is 849 g/mol. The van der Waals surface area contributed by atoms with Gasteiger partial charge in [-0.25, -0.2) is 30.2 Å². The van der Waals surface area contributed by atoms with Crippen LogP contribution < -0.4 is 0 Å². The molecule has 306 valence electrons. The Labute approximate surface area is 362 Å². The average Bonchev–Trinajstić information content (AvgIpc) is 3.76. The molecule has 2 aliphatic carbocycles. The molecule has 0 fully saturated rings. The van der Waals surface area contributed by atoms with Crippen molar-refractivity contribution in [2.45, 2.75) is 26.2 Å². The molecule has 12 heteroatoms. The Bertz CT molecular complexity index is 3370. The SMILES string of the molecule is [C-]#[N+]/C(C#N)=C1/c2cc(-c3ccc(C(F)(F)F)cc3-c3cccc(C(F)(F)F)c3)ccc2-c2nc3c(nc21)-c1cc(-c2ccc(C)cc2)c(-c2ccc(C)cc2)cc1/C3=C(/C#N)[N+]#[C-]. The van der Waals surface area contributed by atoms with Crippen LogP contribution >= 0.6 is 0 Å². The van der Waals surface area contributed by atoms with E-state index in [9.17, 15) is 36.9 Å². The summed E-state index contributed by atoms with van der Waals surface area (Å²) in [5.41, 5.74) is 6.00. The Morgan fingerprint density at radius 1 is 0.453 bits per heavy atom. The van der Waals surface area contributed by atoms with Gasteiger partial charge in [-0.05, 0) is 112 Å². The van der Waals surface area contributed by atoms with Gasteiger partial charge < -0.3 is 0 Å². The van der Waals surface area contributed by atoms with Crippen molar-refractivity contribution >= 4 is 11.1 Å². The minimum Gasteiger partial charge on any atom is -0.245 e. The summed E-state index contributed by atoms with van der Waals surface area (Å²) in [6.07, 6.45) is -9.58. The second-order valence-electron chi connectivity index (χ2n) is 15.3. The fourth-order valence-electron chi connectivity index (χ4n) is 8.31. The Kier molecular flexibility index (Phi) is 9.63. The van der Waals surface area contributed by atoms with Crippen molar-refractivity contribution in [3.63, 3.8) is 0 Å². The molecule has 1 heterocycles. The number of aromatic nitrogens is 2. The standard InChI is InChI=1S/C52H26F6N6/c1-27-8-12-29(13-9-27)38-23-41-42(24-39(38)30-14-10-28(2)11-15-30)48-50(46(41)44(26-60)62-4)63-47-36-18-16-32(21-40(36)45(49(47)64-48)43(25-59)61-3)35-19-17-34(52(56,57)58)22-37(35)31-6-5-7-33(20-31)51(53,54)55/h5-24H,1-2H3/b45-43-,46-44+. The first-order valence-corrected chi connectivity index (χ1v) is 19.5. The van der Waals surface area contributed by atoms with Gasteiger partial charge in [-0.15, -0.1) is 0 Å². The molecule has 0 saturated heterocycles. The maximum Gasteiger partial charge on any atom is 0.416 e. The minimum absolute atomic E-state index is 0.0897. The molecular formula is C52H26F6N6. The molecule has 64 heavy (non-hydrogen) atoms. The first-order valence-electron chi connectivity index (χ1n) is 19.5. The van der Waals surface area contributed by atoms with Crippen molar-refractivity contribution in [2.24, 2.45) is 0 Å². The van der Waals surface area contributed by atoms with Crippen molar-refractivity contribution in [2.75, 3.05) is 0 Å². The second kappa shape index (κ2) is 15.1. The van der Waals surface area contributed by atoms with Gasteiger partial charge in [0.15, 0.2) is 0 Å². The van der Waals surface area contributed by atoms with E-state index >= 15 is 0 Å². The van der Waals surface area contributed by atoms with Crippen molar-refractivity contribution < 1.29 is 26.3 Å². The number of nitriles is 2. The van der Waals surface area contributed by atoms with E-state index in [4.69, 9.17) is 23.1 Å². The maximum atomic E-state index is 14.1. The van der Waals surface area contributed by atoms with Crippen molar-refractivity contribution in [3.05, 3.63) is 200 Å². The summed E-state index contributed by atoms with van der Waals surface area (Å²) in [5.74, 6) is 0. The molecule has 7 aromatic rings. The number of nitrogens with zero attached hydrogens (tertiary/aromatic N) is 6. The van der Waals surface area contributed by atoms with Crippen LogP contribution in [0.25, 0.3) is 87.9 Å². The number of hydrogen-bond acceptors (Lipinski definition) is 4. The smallest absolute Gasteiger partial charge is 0.245 e. The lowest BCUT2D eigenvalue weighted by Crippen LogP contribution is -2.06. The third-order valence-corrected chi connectivity index (χ3v) is 11.4. The second-order valence-corrected chi connectivity index (χ2v) is 15.3. The third kappa shape index (κ3) is 6.75. The van der Waals surface area contributed by atoms with Gasteiger partial charge in [0, 0.05) is 22.3 Å². The van der Waals surface area contributed by atoms with Gasteiger partial charge in [0.25, 0.3) is 11.4 Å². The minimum atomic E-state index is -4.81. The van der Waals surface area contributed by atoms with Gasteiger partial charge >= 0.3 is 12.4 Å². The zero-order valence-corrected chi connectivity index (χ0v) is 33.5. The van der Waals surface area contributed by atoms with E-state index in [-0.39, 0.29) is 67.4 Å². The lowest BCUT2D eigenvalue weighted by Gasteiger charge is -2.16. The van der Waals surface area contributed by atoms with E-state index in [0.29, 0.717) is 22.4 Å². The lowest BCUT2D eigenvalue weighted by atomic mass is 9.89. The van der Waals surface area contributed by atoms with Gasteiger partial charge in [-0.1, -0.05) is 90.0 Å². The molecule has 1 aromatic heterocycles. The molecule has 9 rings (SSSR count). The number of allylic oxidation sites excluding steroid dienone is 2. The van der Waals surface area contributed by atoms with E-state index in [1.54, 1.807) is 18.2 Å². The number of halogens is 6. The van der Waals surface area contributed by atoms with Crippen LogP contribution in [0.1, 0.15) is 44.8 Å². The van der Waals surface area contributed by atoms with E-state index in [1.165, 1.54) is 12.1 Å². The highest BCUT2D eigenvalue weighted by atomic mass is 19.4. The molecule has 0 aliphatic heterocycles. The molecule has 6 aromatic carbocycles. The molecule has 2 aliphatic rings. The lowest BCUT2D eigenvalue weighted by molar-refractivity contribution is -0.138. The Morgan fingerprint density at radius 3 is 1.41 bits per heavy atom. The molecule has 0 spiro atoms. The van der Waals surface area contributed by atoms with Crippen molar-refractivity contribution in [3.8, 4) is 79.2 Å². The molecule has 0 amide bonds. The molecule has 0 bridgehead atoms. The maximum absolute atomic E-state index is 14.1.